The number of piperidine rings is 1. The molecule has 7 heteroatoms. The zero-order valence-electron chi connectivity index (χ0n) is 14.6. The summed E-state index contributed by atoms with van der Waals surface area (Å²) in [7, 11) is 0. The molecule has 25 heavy (non-hydrogen) atoms. The van der Waals surface area contributed by atoms with Crippen LogP contribution in [0, 0.1) is 0 Å². The van der Waals surface area contributed by atoms with Crippen molar-refractivity contribution in [3.63, 3.8) is 0 Å². The Morgan fingerprint density at radius 3 is 3.04 bits per heavy atom. The first-order chi connectivity index (χ1) is 12.3. The Balaban J connectivity index is 1.56. The number of nitrogens with one attached hydrogen (secondary N) is 2. The standard InChI is InChI=1S/C18H25N5O2/c1-2-9-25-17-7-6-14(10-19-17)11-20-18(24)23-8-4-3-5-16(23)15-12-21-22-13-15/h6-7,10,12-13,16H,2-5,8-9,11H2,1H3,(H,20,24)(H,21,22)/t16-/m0/s1. The van der Waals surface area contributed by atoms with Crippen LogP contribution in [0.15, 0.2) is 30.7 Å². The van der Waals surface area contributed by atoms with Crippen molar-refractivity contribution in [1.29, 1.82) is 0 Å². The van der Waals surface area contributed by atoms with E-state index in [9.17, 15) is 4.79 Å². The zero-order valence-corrected chi connectivity index (χ0v) is 14.6. The fourth-order valence-electron chi connectivity index (χ4n) is 3.05. The molecule has 0 bridgehead atoms. The highest BCUT2D eigenvalue weighted by atomic mass is 16.5. The van der Waals surface area contributed by atoms with E-state index in [1.54, 1.807) is 12.4 Å². The quantitative estimate of drug-likeness (QED) is 0.844. The van der Waals surface area contributed by atoms with Crippen LogP contribution in [0.3, 0.4) is 0 Å². The molecule has 0 aliphatic carbocycles. The third-order valence-electron chi connectivity index (χ3n) is 4.36. The Morgan fingerprint density at radius 2 is 2.32 bits per heavy atom. The van der Waals surface area contributed by atoms with E-state index in [4.69, 9.17) is 4.74 Å². The number of H-pyrrole nitrogens is 1. The van der Waals surface area contributed by atoms with Crippen molar-refractivity contribution in [2.24, 2.45) is 0 Å². The van der Waals surface area contributed by atoms with Crippen molar-refractivity contribution in [3.8, 4) is 5.88 Å². The lowest BCUT2D eigenvalue weighted by molar-refractivity contribution is 0.151. The number of hydrogen-bond acceptors (Lipinski definition) is 4. The first-order valence-corrected chi connectivity index (χ1v) is 8.89. The number of carbonyl (C=O) groups excluding carboxylic acids is 1. The van der Waals surface area contributed by atoms with E-state index in [1.807, 2.05) is 23.2 Å². The minimum atomic E-state index is -0.0443. The number of urea groups is 1. The molecule has 134 valence electrons. The number of aromatic amines is 1. The van der Waals surface area contributed by atoms with Crippen molar-refractivity contribution >= 4 is 6.03 Å². The first-order valence-electron chi connectivity index (χ1n) is 8.89. The lowest BCUT2D eigenvalue weighted by Gasteiger charge is -2.35. The van der Waals surface area contributed by atoms with Crippen LogP contribution < -0.4 is 10.1 Å². The zero-order chi connectivity index (χ0) is 17.5. The summed E-state index contributed by atoms with van der Waals surface area (Å²) in [5.74, 6) is 0.618. The minimum Gasteiger partial charge on any atom is -0.478 e. The molecule has 0 radical (unpaired) electrons. The first kappa shape index (κ1) is 17.3. The second kappa shape index (κ2) is 8.50. The van der Waals surface area contributed by atoms with E-state index in [0.29, 0.717) is 19.0 Å². The molecule has 1 atom stereocenters. The van der Waals surface area contributed by atoms with Crippen LogP contribution >= 0.6 is 0 Å². The van der Waals surface area contributed by atoms with Crippen molar-refractivity contribution in [1.82, 2.24) is 25.4 Å². The Kier molecular flexibility index (Phi) is 5.87. The molecule has 0 aromatic carbocycles. The smallest absolute Gasteiger partial charge is 0.318 e. The number of aromatic nitrogens is 3. The molecule has 3 heterocycles. The molecule has 1 aliphatic heterocycles. The number of hydrogen-bond donors (Lipinski definition) is 2. The summed E-state index contributed by atoms with van der Waals surface area (Å²) < 4.78 is 5.47. The highest BCUT2D eigenvalue weighted by Gasteiger charge is 2.28. The molecule has 1 aliphatic rings. The van der Waals surface area contributed by atoms with Gasteiger partial charge in [-0.05, 0) is 31.2 Å². The van der Waals surface area contributed by atoms with Gasteiger partial charge in [-0.1, -0.05) is 13.0 Å². The predicted octanol–water partition coefficient (Wildman–Crippen LogP) is 3.03. The second-order valence-corrected chi connectivity index (χ2v) is 6.25. The minimum absolute atomic E-state index is 0.0443. The normalized spacial score (nSPS) is 17.3. The Morgan fingerprint density at radius 1 is 1.40 bits per heavy atom. The number of likely N-dealkylation sites (tertiary alicyclic amines) is 1. The number of carbonyl (C=O) groups is 1. The van der Waals surface area contributed by atoms with Crippen LogP contribution in [0.5, 0.6) is 5.88 Å². The van der Waals surface area contributed by atoms with Gasteiger partial charge in [0.1, 0.15) is 0 Å². The van der Waals surface area contributed by atoms with E-state index in [-0.39, 0.29) is 12.1 Å². The van der Waals surface area contributed by atoms with Crippen molar-refractivity contribution in [3.05, 3.63) is 41.9 Å². The summed E-state index contributed by atoms with van der Waals surface area (Å²) in [6, 6.07) is 3.82. The molecule has 3 rings (SSSR count). The monoisotopic (exact) mass is 343 g/mol. The third kappa shape index (κ3) is 4.49. The van der Waals surface area contributed by atoms with Gasteiger partial charge in [-0.3, -0.25) is 5.10 Å². The summed E-state index contributed by atoms with van der Waals surface area (Å²) in [5, 5.41) is 9.85. The van der Waals surface area contributed by atoms with E-state index >= 15 is 0 Å². The molecular formula is C18H25N5O2. The Labute approximate surface area is 147 Å². The maximum atomic E-state index is 12.6. The molecule has 2 aromatic rings. The van der Waals surface area contributed by atoms with Gasteiger partial charge in [0.15, 0.2) is 0 Å². The number of rotatable bonds is 6. The summed E-state index contributed by atoms with van der Waals surface area (Å²) in [6.07, 6.45) is 9.50. The van der Waals surface area contributed by atoms with Crippen molar-refractivity contribution in [2.45, 2.75) is 45.2 Å². The maximum Gasteiger partial charge on any atom is 0.318 e. The molecule has 7 nitrogen and oxygen atoms in total. The van der Waals surface area contributed by atoms with Crippen LogP contribution in [0.4, 0.5) is 4.79 Å². The van der Waals surface area contributed by atoms with Gasteiger partial charge in [-0.2, -0.15) is 5.10 Å². The topological polar surface area (TPSA) is 83.1 Å². The van der Waals surface area contributed by atoms with Gasteiger partial charge in [0, 0.05) is 37.1 Å². The maximum absolute atomic E-state index is 12.6. The van der Waals surface area contributed by atoms with Crippen molar-refractivity contribution < 1.29 is 9.53 Å². The van der Waals surface area contributed by atoms with Gasteiger partial charge in [0.2, 0.25) is 5.88 Å². The summed E-state index contributed by atoms with van der Waals surface area (Å²) in [4.78, 5) is 18.8. The lowest BCUT2D eigenvalue weighted by Crippen LogP contribution is -2.44. The third-order valence-corrected chi connectivity index (χ3v) is 4.36. The second-order valence-electron chi connectivity index (χ2n) is 6.25. The molecule has 0 unspecified atom stereocenters. The Bertz CT molecular complexity index is 657. The molecule has 0 spiro atoms. The van der Waals surface area contributed by atoms with E-state index in [1.165, 1.54) is 0 Å². The highest BCUT2D eigenvalue weighted by molar-refractivity contribution is 5.74. The van der Waals surface area contributed by atoms with Crippen LogP contribution in [0.2, 0.25) is 0 Å². The summed E-state index contributed by atoms with van der Waals surface area (Å²) in [5.41, 5.74) is 2.02. The lowest BCUT2D eigenvalue weighted by atomic mass is 9.98. The van der Waals surface area contributed by atoms with Gasteiger partial charge in [0.05, 0.1) is 18.8 Å². The van der Waals surface area contributed by atoms with E-state index in [2.05, 4.69) is 27.4 Å². The number of nitrogens with zero attached hydrogens (tertiary/aromatic N) is 3. The Hall–Kier alpha value is -2.57. The summed E-state index contributed by atoms with van der Waals surface area (Å²) in [6.45, 7) is 3.94. The predicted molar refractivity (Wildman–Crippen MR) is 94.1 cm³/mol. The average Bonchev–Trinajstić information content (AvgIpc) is 3.20. The average molecular weight is 343 g/mol. The SMILES string of the molecule is CCCOc1ccc(CNC(=O)N2CCCC[C@H]2c2cn[nH]c2)cn1. The number of pyridine rings is 1. The highest BCUT2D eigenvalue weighted by Crippen LogP contribution is 2.30. The van der Waals surface area contributed by atoms with Gasteiger partial charge < -0.3 is 15.0 Å². The largest absolute Gasteiger partial charge is 0.478 e. The van der Waals surface area contributed by atoms with Crippen LogP contribution in [0.25, 0.3) is 0 Å². The molecule has 0 saturated carbocycles. The van der Waals surface area contributed by atoms with Gasteiger partial charge in [-0.15, -0.1) is 0 Å². The van der Waals surface area contributed by atoms with Gasteiger partial charge in [0.25, 0.3) is 0 Å². The summed E-state index contributed by atoms with van der Waals surface area (Å²) >= 11 is 0. The molecule has 2 aromatic heterocycles. The fourth-order valence-corrected chi connectivity index (χ4v) is 3.05. The van der Waals surface area contributed by atoms with Crippen molar-refractivity contribution in [2.75, 3.05) is 13.2 Å². The fraction of sp³-hybridized carbons (Fsp3) is 0.500. The van der Waals surface area contributed by atoms with Crippen LogP contribution in [-0.2, 0) is 6.54 Å². The molecule has 1 saturated heterocycles. The van der Waals surface area contributed by atoms with E-state index in [0.717, 1.165) is 43.4 Å². The molecule has 1 fully saturated rings. The number of amides is 2. The van der Waals surface area contributed by atoms with E-state index < -0.39 is 0 Å². The molecule has 2 N–H and O–H groups in total. The molecule has 2 amide bonds. The van der Waals surface area contributed by atoms with Crippen LogP contribution in [-0.4, -0.2) is 39.3 Å². The van der Waals surface area contributed by atoms with Crippen LogP contribution in [0.1, 0.15) is 49.8 Å². The molecular weight excluding hydrogens is 318 g/mol. The van der Waals surface area contributed by atoms with Gasteiger partial charge >= 0.3 is 6.03 Å². The van der Waals surface area contributed by atoms with Gasteiger partial charge in [-0.25, -0.2) is 9.78 Å². The number of ether oxygens (including phenoxy) is 1.